The summed E-state index contributed by atoms with van der Waals surface area (Å²) in [5, 5.41) is 2.93. The van der Waals surface area contributed by atoms with Crippen molar-refractivity contribution in [3.05, 3.63) is 29.3 Å². The maximum atomic E-state index is 11.6. The molecule has 15 heavy (non-hydrogen) atoms. The molecule has 3 heteroatoms. The third kappa shape index (κ3) is 2.36. The maximum Gasteiger partial charge on any atom is 0.227 e. The smallest absolute Gasteiger partial charge is 0.227 e. The first-order valence-electron chi connectivity index (χ1n) is 5.31. The molecule has 0 unspecified atom stereocenters. The second-order valence-electron chi connectivity index (χ2n) is 4.13. The zero-order valence-corrected chi connectivity index (χ0v) is 8.92. The number of hydrogen-bond acceptors (Lipinski definition) is 2. The van der Waals surface area contributed by atoms with Crippen molar-refractivity contribution in [2.75, 3.05) is 5.32 Å². The van der Waals surface area contributed by atoms with Crippen molar-refractivity contribution < 1.29 is 4.79 Å². The van der Waals surface area contributed by atoms with Gasteiger partial charge in [-0.25, -0.2) is 0 Å². The van der Waals surface area contributed by atoms with Gasteiger partial charge in [-0.15, -0.1) is 0 Å². The minimum atomic E-state index is 0.133. The molecule has 1 saturated carbocycles. The van der Waals surface area contributed by atoms with Gasteiger partial charge in [-0.2, -0.15) is 0 Å². The van der Waals surface area contributed by atoms with Crippen LogP contribution in [0.15, 0.2) is 18.2 Å². The number of carbonyl (C=O) groups is 1. The number of carbonyl (C=O) groups excluding carboxylic acids is 1. The summed E-state index contributed by atoms with van der Waals surface area (Å²) in [5.74, 6) is 0.366. The van der Waals surface area contributed by atoms with Crippen molar-refractivity contribution in [3.8, 4) is 0 Å². The van der Waals surface area contributed by atoms with E-state index < -0.39 is 0 Å². The molecule has 1 aromatic carbocycles. The number of hydrogen-bond donors (Lipinski definition) is 2. The van der Waals surface area contributed by atoms with Crippen molar-refractivity contribution >= 4 is 11.6 Å². The first kappa shape index (κ1) is 10.2. The summed E-state index contributed by atoms with van der Waals surface area (Å²) < 4.78 is 0. The van der Waals surface area contributed by atoms with E-state index >= 15 is 0 Å². The molecule has 0 spiro atoms. The summed E-state index contributed by atoms with van der Waals surface area (Å²) in [7, 11) is 0. The SMILES string of the molecule is Cc1ccc(NC(=O)C2CC2)c(CN)c1. The Morgan fingerprint density at radius 3 is 2.87 bits per heavy atom. The Balaban J connectivity index is 2.15. The lowest BCUT2D eigenvalue weighted by atomic mass is 10.1. The van der Waals surface area contributed by atoms with E-state index in [1.54, 1.807) is 0 Å². The van der Waals surface area contributed by atoms with Gasteiger partial charge in [0.2, 0.25) is 5.91 Å². The minimum absolute atomic E-state index is 0.133. The molecule has 3 N–H and O–H groups in total. The van der Waals surface area contributed by atoms with Gasteiger partial charge < -0.3 is 11.1 Å². The molecule has 2 rings (SSSR count). The average molecular weight is 204 g/mol. The van der Waals surface area contributed by atoms with Gasteiger partial charge in [-0.1, -0.05) is 17.7 Å². The molecule has 80 valence electrons. The molecule has 1 aliphatic rings. The molecule has 1 aliphatic carbocycles. The van der Waals surface area contributed by atoms with Crippen LogP contribution in [0.1, 0.15) is 24.0 Å². The highest BCUT2D eigenvalue weighted by Gasteiger charge is 2.29. The van der Waals surface area contributed by atoms with Gasteiger partial charge in [-0.3, -0.25) is 4.79 Å². The van der Waals surface area contributed by atoms with E-state index in [9.17, 15) is 4.79 Å². The van der Waals surface area contributed by atoms with Crippen LogP contribution in [0, 0.1) is 12.8 Å². The minimum Gasteiger partial charge on any atom is -0.326 e. The number of nitrogens with two attached hydrogens (primary N) is 1. The van der Waals surface area contributed by atoms with Crippen LogP contribution < -0.4 is 11.1 Å². The van der Waals surface area contributed by atoms with Crippen LogP contribution in [0.2, 0.25) is 0 Å². The van der Waals surface area contributed by atoms with Gasteiger partial charge in [0, 0.05) is 18.2 Å². The Morgan fingerprint density at radius 2 is 2.27 bits per heavy atom. The highest BCUT2D eigenvalue weighted by molar-refractivity contribution is 5.94. The summed E-state index contributed by atoms with van der Waals surface area (Å²) in [5.41, 5.74) is 8.67. The Labute approximate surface area is 89.7 Å². The number of aryl methyl sites for hydroxylation is 1. The summed E-state index contributed by atoms with van der Waals surface area (Å²) in [4.78, 5) is 11.6. The molecule has 0 atom stereocenters. The van der Waals surface area contributed by atoms with Gasteiger partial charge in [0.1, 0.15) is 0 Å². The second kappa shape index (κ2) is 4.03. The molecule has 1 amide bonds. The monoisotopic (exact) mass is 204 g/mol. The van der Waals surface area contributed by atoms with Crippen molar-refractivity contribution in [3.63, 3.8) is 0 Å². The summed E-state index contributed by atoms with van der Waals surface area (Å²) in [6.07, 6.45) is 2.05. The van der Waals surface area contributed by atoms with E-state index in [-0.39, 0.29) is 11.8 Å². The van der Waals surface area contributed by atoms with E-state index in [0.29, 0.717) is 6.54 Å². The standard InChI is InChI=1S/C12H16N2O/c1-8-2-5-11(10(6-8)7-13)14-12(15)9-3-4-9/h2,5-6,9H,3-4,7,13H2,1H3,(H,14,15). The summed E-state index contributed by atoms with van der Waals surface area (Å²) in [6, 6.07) is 5.93. The van der Waals surface area contributed by atoms with E-state index in [1.807, 2.05) is 25.1 Å². The Kier molecular flexibility index (Phi) is 2.73. The molecule has 0 aliphatic heterocycles. The zero-order valence-electron chi connectivity index (χ0n) is 8.92. The maximum absolute atomic E-state index is 11.6. The molecule has 1 fully saturated rings. The predicted octanol–water partition coefficient (Wildman–Crippen LogP) is 1.80. The van der Waals surface area contributed by atoms with Crippen LogP contribution in [0.25, 0.3) is 0 Å². The fourth-order valence-corrected chi connectivity index (χ4v) is 1.59. The number of amides is 1. The molecule has 0 saturated heterocycles. The average Bonchev–Trinajstić information content (AvgIpc) is 3.04. The van der Waals surface area contributed by atoms with Crippen molar-refractivity contribution in [1.29, 1.82) is 0 Å². The lowest BCUT2D eigenvalue weighted by Gasteiger charge is -2.10. The van der Waals surface area contributed by atoms with Crippen LogP contribution in [0.4, 0.5) is 5.69 Å². The van der Waals surface area contributed by atoms with E-state index in [0.717, 1.165) is 24.1 Å². The van der Waals surface area contributed by atoms with Gasteiger partial charge in [-0.05, 0) is 31.4 Å². The van der Waals surface area contributed by atoms with Crippen LogP contribution >= 0.6 is 0 Å². The zero-order chi connectivity index (χ0) is 10.8. The van der Waals surface area contributed by atoms with Crippen LogP contribution in [-0.2, 0) is 11.3 Å². The topological polar surface area (TPSA) is 55.1 Å². The predicted molar refractivity (Wildman–Crippen MR) is 60.4 cm³/mol. The molecule has 0 heterocycles. The van der Waals surface area contributed by atoms with Crippen LogP contribution in [-0.4, -0.2) is 5.91 Å². The van der Waals surface area contributed by atoms with Gasteiger partial charge >= 0.3 is 0 Å². The van der Waals surface area contributed by atoms with Gasteiger partial charge in [0.15, 0.2) is 0 Å². The Morgan fingerprint density at radius 1 is 1.53 bits per heavy atom. The lowest BCUT2D eigenvalue weighted by Crippen LogP contribution is -2.15. The Hall–Kier alpha value is -1.35. The van der Waals surface area contributed by atoms with Crippen LogP contribution in [0.5, 0.6) is 0 Å². The molecule has 0 aromatic heterocycles. The molecule has 3 nitrogen and oxygen atoms in total. The van der Waals surface area contributed by atoms with E-state index in [4.69, 9.17) is 5.73 Å². The van der Waals surface area contributed by atoms with Crippen LogP contribution in [0.3, 0.4) is 0 Å². The number of rotatable bonds is 3. The van der Waals surface area contributed by atoms with Crippen molar-refractivity contribution in [2.45, 2.75) is 26.3 Å². The largest absolute Gasteiger partial charge is 0.326 e. The first-order chi connectivity index (χ1) is 7.20. The fraction of sp³-hybridized carbons (Fsp3) is 0.417. The number of nitrogens with one attached hydrogen (secondary N) is 1. The highest BCUT2D eigenvalue weighted by atomic mass is 16.2. The molecule has 0 bridgehead atoms. The molecular weight excluding hydrogens is 188 g/mol. The molecular formula is C12H16N2O. The van der Waals surface area contributed by atoms with Crippen molar-refractivity contribution in [1.82, 2.24) is 0 Å². The van der Waals surface area contributed by atoms with Gasteiger partial charge in [0.05, 0.1) is 0 Å². The number of benzene rings is 1. The Bertz CT molecular complexity index is 383. The quantitative estimate of drug-likeness (QED) is 0.788. The first-order valence-corrected chi connectivity index (χ1v) is 5.31. The third-order valence-corrected chi connectivity index (χ3v) is 2.69. The highest BCUT2D eigenvalue weighted by Crippen LogP contribution is 2.30. The lowest BCUT2D eigenvalue weighted by molar-refractivity contribution is -0.117. The molecule has 0 radical (unpaired) electrons. The van der Waals surface area contributed by atoms with Crippen molar-refractivity contribution in [2.24, 2.45) is 11.7 Å². The fourth-order valence-electron chi connectivity index (χ4n) is 1.59. The van der Waals surface area contributed by atoms with Gasteiger partial charge in [0.25, 0.3) is 0 Å². The normalized spacial score (nSPS) is 15.1. The van der Waals surface area contributed by atoms with E-state index in [2.05, 4.69) is 5.32 Å². The second-order valence-corrected chi connectivity index (χ2v) is 4.13. The number of anilines is 1. The van der Waals surface area contributed by atoms with E-state index in [1.165, 1.54) is 5.56 Å². The summed E-state index contributed by atoms with van der Waals surface area (Å²) >= 11 is 0. The third-order valence-electron chi connectivity index (χ3n) is 2.69. The summed E-state index contributed by atoms with van der Waals surface area (Å²) in [6.45, 7) is 2.48. The molecule has 1 aromatic rings.